The van der Waals surface area contributed by atoms with Crippen LogP contribution in [0.2, 0.25) is 5.02 Å². The molecular weight excluding hydrogens is 539 g/mol. The number of hydrogen-bond acceptors (Lipinski definition) is 6. The maximum Gasteiger partial charge on any atom is 0.241 e. The van der Waals surface area contributed by atoms with Crippen LogP contribution in [0.3, 0.4) is 0 Å². The van der Waals surface area contributed by atoms with Crippen molar-refractivity contribution in [1.82, 2.24) is 4.90 Å². The van der Waals surface area contributed by atoms with Crippen LogP contribution in [0, 0.1) is 34.9 Å². The fraction of sp³-hybridized carbons (Fsp3) is 0.400. The number of anilines is 1. The molecule has 2 heterocycles. The Bertz CT molecular complexity index is 1520. The van der Waals surface area contributed by atoms with Crippen LogP contribution in [0.4, 0.5) is 10.1 Å². The molecule has 0 spiro atoms. The van der Waals surface area contributed by atoms with Crippen LogP contribution in [0.5, 0.6) is 11.5 Å². The number of aromatic hydroxyl groups is 1. The molecule has 10 heteroatoms. The minimum Gasteiger partial charge on any atom is -0.504 e. The molecule has 4 aliphatic rings. The van der Waals surface area contributed by atoms with Crippen LogP contribution in [-0.2, 0) is 19.2 Å². The van der Waals surface area contributed by atoms with Crippen LogP contribution in [0.1, 0.15) is 38.2 Å². The highest BCUT2D eigenvalue weighted by molar-refractivity contribution is 6.31. The molecule has 0 unspecified atom stereocenters. The van der Waals surface area contributed by atoms with Crippen LogP contribution in [-0.4, -0.2) is 47.3 Å². The average Bonchev–Trinajstić information content (AvgIpc) is 3.27. The van der Waals surface area contributed by atoms with E-state index in [9.17, 15) is 28.7 Å². The lowest BCUT2D eigenvalue weighted by Gasteiger charge is -2.49. The molecule has 0 aromatic heterocycles. The number of likely N-dealkylation sites (tertiary alicyclic amines) is 1. The number of nitrogens with zero attached hydrogens (tertiary/aromatic N) is 2. The number of fused-ring (bicyclic) bond motifs is 4. The van der Waals surface area contributed by atoms with Crippen LogP contribution in [0.25, 0.3) is 0 Å². The maximum atomic E-state index is 14.3. The second-order valence-electron chi connectivity index (χ2n) is 11.1. The molecule has 2 aromatic rings. The summed E-state index contributed by atoms with van der Waals surface area (Å²) < 4.78 is 19.6. The number of benzene rings is 2. The Balaban J connectivity index is 1.56. The number of phenols is 1. The van der Waals surface area contributed by atoms with Crippen LogP contribution in [0.15, 0.2) is 48.0 Å². The molecule has 2 aliphatic heterocycles. The topological polar surface area (TPSA) is 104 Å². The van der Waals surface area contributed by atoms with E-state index in [1.807, 2.05) is 6.08 Å². The Morgan fingerprint density at radius 3 is 2.55 bits per heavy atom. The summed E-state index contributed by atoms with van der Waals surface area (Å²) in [5.41, 5.74) is -0.0594. The van der Waals surface area contributed by atoms with Gasteiger partial charge in [-0.25, -0.2) is 9.29 Å². The standard InChI is InChI=1S/C30H28ClFN2O6/c1-4-40-22-7-5-6-17(25(22)35)24-15-9-10-16-23(28(38)33(3)26(16)36)18(15)13-19-27(37)34(29(39)30(19,24)2)14-8-11-21(32)20(31)12-14/h5-9,11-12,16,18-19,23-24,35H,4,10,13H2,1-3H3/t16-,18+,19-,23-,24+,30+/m0/s1. The average molecular weight is 567 g/mol. The molecular formula is C30H28ClFN2O6. The van der Waals surface area contributed by atoms with Gasteiger partial charge < -0.3 is 9.84 Å². The number of allylic oxidation sites excluding steroid dienone is 2. The molecule has 0 radical (unpaired) electrons. The third-order valence-corrected chi connectivity index (χ3v) is 9.59. The molecule has 4 amide bonds. The highest BCUT2D eigenvalue weighted by Crippen LogP contribution is 2.64. The van der Waals surface area contributed by atoms with Gasteiger partial charge in [-0.05, 0) is 56.9 Å². The number of phenolic OH excluding ortho intramolecular Hbond substituents is 1. The smallest absolute Gasteiger partial charge is 0.241 e. The van der Waals surface area contributed by atoms with Crippen molar-refractivity contribution in [2.24, 2.45) is 29.1 Å². The van der Waals surface area contributed by atoms with E-state index in [0.29, 0.717) is 18.6 Å². The molecule has 2 saturated heterocycles. The van der Waals surface area contributed by atoms with Crippen molar-refractivity contribution >= 4 is 40.9 Å². The molecule has 40 heavy (non-hydrogen) atoms. The summed E-state index contributed by atoms with van der Waals surface area (Å²) >= 11 is 6.02. The number of carbonyl (C=O) groups excluding carboxylic acids is 4. The van der Waals surface area contributed by atoms with Crippen molar-refractivity contribution in [3.63, 3.8) is 0 Å². The number of rotatable bonds is 4. The van der Waals surface area contributed by atoms with E-state index >= 15 is 0 Å². The monoisotopic (exact) mass is 566 g/mol. The van der Waals surface area contributed by atoms with E-state index in [0.717, 1.165) is 21.4 Å². The second kappa shape index (κ2) is 9.16. The molecule has 6 atom stereocenters. The van der Waals surface area contributed by atoms with Crippen LogP contribution >= 0.6 is 11.6 Å². The van der Waals surface area contributed by atoms with Gasteiger partial charge in [0, 0.05) is 18.5 Å². The first-order valence-electron chi connectivity index (χ1n) is 13.3. The summed E-state index contributed by atoms with van der Waals surface area (Å²) in [6.45, 7) is 3.79. The van der Waals surface area contributed by atoms with Crippen LogP contribution < -0.4 is 9.64 Å². The Morgan fingerprint density at radius 2 is 1.85 bits per heavy atom. The van der Waals surface area contributed by atoms with E-state index in [1.165, 1.54) is 19.2 Å². The molecule has 208 valence electrons. The number of ether oxygens (including phenoxy) is 1. The van der Waals surface area contributed by atoms with Crippen molar-refractivity contribution in [3.8, 4) is 11.5 Å². The first kappa shape index (κ1) is 26.5. The normalized spacial score (nSPS) is 31.2. The van der Waals surface area contributed by atoms with Crippen molar-refractivity contribution in [1.29, 1.82) is 0 Å². The number of imide groups is 2. The summed E-state index contributed by atoms with van der Waals surface area (Å²) in [4.78, 5) is 56.8. The first-order chi connectivity index (χ1) is 19.0. The van der Waals surface area contributed by atoms with Crippen molar-refractivity contribution < 1.29 is 33.4 Å². The lowest BCUT2D eigenvalue weighted by Crippen LogP contribution is -2.48. The van der Waals surface area contributed by atoms with E-state index < -0.39 is 52.6 Å². The van der Waals surface area contributed by atoms with Gasteiger partial charge >= 0.3 is 0 Å². The van der Waals surface area contributed by atoms with E-state index in [1.54, 1.807) is 32.0 Å². The Hall–Kier alpha value is -3.72. The molecule has 1 N–H and O–H groups in total. The highest BCUT2D eigenvalue weighted by Gasteiger charge is 2.67. The quantitative estimate of drug-likeness (QED) is 0.433. The largest absolute Gasteiger partial charge is 0.504 e. The van der Waals surface area contributed by atoms with Gasteiger partial charge in [0.15, 0.2) is 11.5 Å². The molecule has 2 aliphatic carbocycles. The zero-order valence-corrected chi connectivity index (χ0v) is 22.9. The summed E-state index contributed by atoms with van der Waals surface area (Å²) in [6, 6.07) is 8.70. The van der Waals surface area contributed by atoms with Gasteiger partial charge in [-0.3, -0.25) is 24.1 Å². The Labute approximate surface area is 235 Å². The molecule has 3 fully saturated rings. The number of hydrogen-bond donors (Lipinski definition) is 1. The Kier molecular flexibility index (Phi) is 6.07. The summed E-state index contributed by atoms with van der Waals surface area (Å²) in [5.74, 6) is -5.52. The van der Waals surface area contributed by atoms with E-state index in [4.69, 9.17) is 16.3 Å². The van der Waals surface area contributed by atoms with Gasteiger partial charge in [-0.2, -0.15) is 0 Å². The highest BCUT2D eigenvalue weighted by atomic mass is 35.5. The molecule has 1 saturated carbocycles. The van der Waals surface area contributed by atoms with E-state index in [2.05, 4.69) is 0 Å². The third-order valence-electron chi connectivity index (χ3n) is 9.30. The molecule has 8 nitrogen and oxygen atoms in total. The SMILES string of the molecule is CCOc1cccc([C@H]2C3=CC[C@@H]4C(=O)N(C)C(=O)[C@@H]4[C@@H]3C[C@H]3C(=O)N(c4ccc(F)c(Cl)c4)C(=O)[C@@]23C)c1O. The zero-order valence-electron chi connectivity index (χ0n) is 22.2. The van der Waals surface area contributed by atoms with Gasteiger partial charge in [0.1, 0.15) is 5.82 Å². The Morgan fingerprint density at radius 1 is 1.10 bits per heavy atom. The summed E-state index contributed by atoms with van der Waals surface area (Å²) in [6.07, 6.45) is 2.40. The van der Waals surface area contributed by atoms with Crippen molar-refractivity contribution in [2.45, 2.75) is 32.6 Å². The van der Waals surface area contributed by atoms with Crippen molar-refractivity contribution in [2.75, 3.05) is 18.6 Å². The number of amides is 4. The predicted octanol–water partition coefficient (Wildman–Crippen LogP) is 4.44. The van der Waals surface area contributed by atoms with Gasteiger partial charge in [-0.1, -0.05) is 35.4 Å². The van der Waals surface area contributed by atoms with E-state index in [-0.39, 0.29) is 40.4 Å². The maximum absolute atomic E-state index is 14.3. The van der Waals surface area contributed by atoms with Gasteiger partial charge in [0.05, 0.1) is 40.5 Å². The zero-order chi connectivity index (χ0) is 28.7. The van der Waals surface area contributed by atoms with Crippen molar-refractivity contribution in [3.05, 3.63) is 64.5 Å². The lowest BCUT2D eigenvalue weighted by atomic mass is 9.51. The van der Waals surface area contributed by atoms with Gasteiger partial charge in [0.2, 0.25) is 23.6 Å². The number of para-hydroxylation sites is 1. The fourth-order valence-corrected chi connectivity index (χ4v) is 7.61. The molecule has 2 aromatic carbocycles. The first-order valence-corrected chi connectivity index (χ1v) is 13.7. The number of halogens is 2. The fourth-order valence-electron chi connectivity index (χ4n) is 7.43. The summed E-state index contributed by atoms with van der Waals surface area (Å²) in [5, 5.41) is 11.1. The molecule has 0 bridgehead atoms. The predicted molar refractivity (Wildman–Crippen MR) is 143 cm³/mol. The molecule has 6 rings (SSSR count). The third kappa shape index (κ3) is 3.43. The van der Waals surface area contributed by atoms with Gasteiger partial charge in [-0.15, -0.1) is 0 Å². The second-order valence-corrected chi connectivity index (χ2v) is 11.5. The minimum absolute atomic E-state index is 0.143. The summed E-state index contributed by atoms with van der Waals surface area (Å²) in [7, 11) is 1.47. The number of carbonyl (C=O) groups is 4. The minimum atomic E-state index is -1.35. The van der Waals surface area contributed by atoms with Gasteiger partial charge in [0.25, 0.3) is 0 Å². The lowest BCUT2D eigenvalue weighted by molar-refractivity contribution is -0.138.